The normalized spacial score (nSPS) is 11.3. The van der Waals surface area contributed by atoms with Crippen LogP contribution in [0.25, 0.3) is 12.2 Å². The van der Waals surface area contributed by atoms with Crippen LogP contribution in [-0.2, 0) is 9.59 Å². The van der Waals surface area contributed by atoms with Crippen molar-refractivity contribution in [1.82, 2.24) is 21.3 Å². The summed E-state index contributed by atoms with van der Waals surface area (Å²) in [6.45, 7) is 4.85. The molecule has 0 aliphatic rings. The lowest BCUT2D eigenvalue weighted by molar-refractivity contribution is -0.117. The molecule has 4 N–H and O–H groups in total. The topological polar surface area (TPSA) is 101 Å². The van der Waals surface area contributed by atoms with Gasteiger partial charge in [0.05, 0.1) is 32.1 Å². The number of hydrogen-bond donors (Lipinski definition) is 4. The summed E-state index contributed by atoms with van der Waals surface area (Å²) in [5.41, 5.74) is 1.79. The van der Waals surface area contributed by atoms with E-state index in [0.717, 1.165) is 92.4 Å². The molecule has 0 unspecified atom stereocenters. The van der Waals surface area contributed by atoms with E-state index in [2.05, 4.69) is 85.0 Å². The molecule has 42 heavy (non-hydrogen) atoms. The average molecular weight is 838 g/mol. The van der Waals surface area contributed by atoms with Crippen LogP contribution in [0, 0.1) is 0 Å². The summed E-state index contributed by atoms with van der Waals surface area (Å²) in [4.78, 5) is 24.1. The minimum absolute atomic E-state index is 0.115. The molecular weight excluding hydrogens is 800 g/mol. The van der Waals surface area contributed by atoms with Gasteiger partial charge >= 0.3 is 0 Å². The number of hydrogen-bond acceptors (Lipinski definition) is 6. The number of halogens is 4. The first-order valence-corrected chi connectivity index (χ1v) is 16.8. The molecule has 0 atom stereocenters. The predicted molar refractivity (Wildman–Crippen MR) is 185 cm³/mol. The Morgan fingerprint density at radius 2 is 0.929 bits per heavy atom. The first kappa shape index (κ1) is 36.5. The van der Waals surface area contributed by atoms with Crippen LogP contribution in [0.3, 0.4) is 0 Å². The quantitative estimate of drug-likeness (QED) is 0.0960. The van der Waals surface area contributed by atoms with Gasteiger partial charge < -0.3 is 30.7 Å². The minimum Gasteiger partial charge on any atom is -0.494 e. The van der Waals surface area contributed by atoms with Crippen LogP contribution < -0.4 is 30.7 Å². The first-order chi connectivity index (χ1) is 20.2. The van der Waals surface area contributed by atoms with Crippen molar-refractivity contribution in [3.8, 4) is 11.5 Å². The van der Waals surface area contributed by atoms with Crippen LogP contribution in [0.15, 0.2) is 54.3 Å². The molecule has 0 radical (unpaired) electrons. The Balaban J connectivity index is 1.42. The van der Waals surface area contributed by atoms with Crippen LogP contribution in [0.1, 0.15) is 36.8 Å². The molecule has 0 spiro atoms. The molecular formula is C30H38Br4N4O4. The summed E-state index contributed by atoms with van der Waals surface area (Å²) < 4.78 is 13.9. The Morgan fingerprint density at radius 1 is 0.595 bits per heavy atom. The van der Waals surface area contributed by atoms with Gasteiger partial charge in [0.1, 0.15) is 11.5 Å². The number of nitrogens with one attached hydrogen (secondary N) is 4. The van der Waals surface area contributed by atoms with E-state index >= 15 is 0 Å². The van der Waals surface area contributed by atoms with Gasteiger partial charge in [-0.15, -0.1) is 0 Å². The zero-order valence-corrected chi connectivity index (χ0v) is 30.2. The largest absolute Gasteiger partial charge is 0.494 e. The molecule has 2 rings (SSSR count). The van der Waals surface area contributed by atoms with Crippen molar-refractivity contribution in [2.45, 2.75) is 25.7 Å². The van der Waals surface area contributed by atoms with Crippen LogP contribution >= 0.6 is 63.7 Å². The molecule has 12 heteroatoms. The summed E-state index contributed by atoms with van der Waals surface area (Å²) >= 11 is 13.9. The summed E-state index contributed by atoms with van der Waals surface area (Å²) in [6.07, 6.45) is 10.5. The second kappa shape index (κ2) is 21.1. The maximum Gasteiger partial charge on any atom is 0.243 e. The van der Waals surface area contributed by atoms with Crippen molar-refractivity contribution in [1.29, 1.82) is 0 Å². The summed E-state index contributed by atoms with van der Waals surface area (Å²) in [6, 6.07) is 7.60. The van der Waals surface area contributed by atoms with E-state index in [-0.39, 0.29) is 11.8 Å². The van der Waals surface area contributed by atoms with Crippen molar-refractivity contribution >= 4 is 87.7 Å². The van der Waals surface area contributed by atoms with Crippen LogP contribution in [-0.4, -0.2) is 65.3 Å². The lowest BCUT2D eigenvalue weighted by Gasteiger charge is -2.08. The molecule has 0 aliphatic carbocycles. The summed E-state index contributed by atoms with van der Waals surface area (Å²) in [5, 5.41) is 12.6. The third kappa shape index (κ3) is 14.2. The zero-order valence-electron chi connectivity index (χ0n) is 23.8. The Bertz CT molecular complexity index is 1080. The number of carbonyl (C=O) groups is 2. The molecule has 0 aliphatic heterocycles. The highest BCUT2D eigenvalue weighted by atomic mass is 79.9. The lowest BCUT2D eigenvalue weighted by atomic mass is 10.2. The Hall–Kier alpha value is -1.70. The van der Waals surface area contributed by atoms with Gasteiger partial charge in [-0.2, -0.15) is 0 Å². The second-order valence-corrected chi connectivity index (χ2v) is 12.6. The van der Waals surface area contributed by atoms with Crippen molar-refractivity contribution in [3.63, 3.8) is 0 Å². The number of methoxy groups -OCH3 is 2. The van der Waals surface area contributed by atoms with Gasteiger partial charge in [-0.05, 0) is 163 Å². The van der Waals surface area contributed by atoms with Crippen molar-refractivity contribution in [2.24, 2.45) is 0 Å². The molecule has 8 nitrogen and oxygen atoms in total. The smallest absolute Gasteiger partial charge is 0.243 e. The van der Waals surface area contributed by atoms with Crippen molar-refractivity contribution < 1.29 is 19.1 Å². The third-order valence-electron chi connectivity index (χ3n) is 5.92. The van der Waals surface area contributed by atoms with E-state index in [9.17, 15) is 9.59 Å². The van der Waals surface area contributed by atoms with E-state index in [0.29, 0.717) is 13.1 Å². The third-order valence-corrected chi connectivity index (χ3v) is 8.28. The highest BCUT2D eigenvalue weighted by Gasteiger charge is 2.08. The van der Waals surface area contributed by atoms with E-state index in [1.165, 1.54) is 12.2 Å². The molecule has 2 amide bonds. The van der Waals surface area contributed by atoms with Crippen LogP contribution in [0.4, 0.5) is 0 Å². The molecule has 0 bridgehead atoms. The zero-order chi connectivity index (χ0) is 30.7. The number of amides is 2. The van der Waals surface area contributed by atoms with Crippen molar-refractivity contribution in [3.05, 3.63) is 65.4 Å². The maximum absolute atomic E-state index is 12.1. The van der Waals surface area contributed by atoms with Gasteiger partial charge in [0, 0.05) is 25.2 Å². The van der Waals surface area contributed by atoms with Gasteiger partial charge in [-0.3, -0.25) is 9.59 Å². The summed E-state index contributed by atoms with van der Waals surface area (Å²) in [7, 11) is 3.22. The van der Waals surface area contributed by atoms with Crippen LogP contribution in [0.5, 0.6) is 11.5 Å². The summed E-state index contributed by atoms with van der Waals surface area (Å²) in [5.74, 6) is 1.21. The van der Waals surface area contributed by atoms with Crippen LogP contribution in [0.2, 0.25) is 0 Å². The van der Waals surface area contributed by atoms with Gasteiger partial charge in [-0.1, -0.05) is 0 Å². The first-order valence-electron chi connectivity index (χ1n) is 13.6. The second-order valence-electron chi connectivity index (χ2n) is 9.20. The number of benzene rings is 2. The number of rotatable bonds is 19. The van der Waals surface area contributed by atoms with Gasteiger partial charge in [-0.25, -0.2) is 0 Å². The minimum atomic E-state index is -0.115. The SMILES string of the molecule is COc1c(Br)cc(/C=C/C(=O)NCCCNCCCCNCCCNC(=O)/C=C/c2cc(Br)c(OC)c(Br)c2)cc1Br. The predicted octanol–water partition coefficient (Wildman–Crippen LogP) is 6.45. The van der Waals surface area contributed by atoms with E-state index < -0.39 is 0 Å². The molecule has 0 saturated heterocycles. The lowest BCUT2D eigenvalue weighted by Crippen LogP contribution is -2.27. The molecule has 0 saturated carbocycles. The van der Waals surface area contributed by atoms with Crippen molar-refractivity contribution in [2.75, 3.05) is 53.5 Å². The number of carbonyl (C=O) groups excluding carboxylic acids is 2. The standard InChI is InChI=1S/C30H38Br4N4O4/c1-41-29-23(31)17-21(18-24(29)32)7-9-27(39)37-15-5-13-35-11-3-4-12-36-14-6-16-38-28(40)10-8-22-19-25(33)30(42-2)26(34)20-22/h7-10,17-20,35-36H,3-6,11-16H2,1-2H3,(H,37,39)(H,38,40)/b9-7+,10-8+. The molecule has 0 fully saturated rings. The van der Waals surface area contributed by atoms with E-state index in [1.807, 2.05) is 24.3 Å². The molecule has 2 aromatic carbocycles. The van der Waals surface area contributed by atoms with Gasteiger partial charge in [0.15, 0.2) is 0 Å². The Kier molecular flexibility index (Phi) is 18.3. The highest BCUT2D eigenvalue weighted by molar-refractivity contribution is 9.11. The Labute approximate surface area is 282 Å². The molecule has 230 valence electrons. The highest BCUT2D eigenvalue weighted by Crippen LogP contribution is 2.35. The molecule has 0 aromatic heterocycles. The molecule has 0 heterocycles. The number of unbranched alkanes of at least 4 members (excludes halogenated alkanes) is 1. The average Bonchev–Trinajstić information content (AvgIpc) is 2.95. The fourth-order valence-electron chi connectivity index (χ4n) is 3.80. The fourth-order valence-corrected chi connectivity index (χ4v) is 6.89. The van der Waals surface area contributed by atoms with Gasteiger partial charge in [0.25, 0.3) is 0 Å². The van der Waals surface area contributed by atoms with E-state index in [4.69, 9.17) is 9.47 Å². The number of ether oxygens (including phenoxy) is 2. The fraction of sp³-hybridized carbons (Fsp3) is 0.400. The maximum atomic E-state index is 12.1. The monoisotopic (exact) mass is 834 g/mol. The van der Waals surface area contributed by atoms with Gasteiger partial charge in [0.2, 0.25) is 11.8 Å². The Morgan fingerprint density at radius 3 is 1.26 bits per heavy atom. The van der Waals surface area contributed by atoms with E-state index in [1.54, 1.807) is 26.4 Å². The molecule has 2 aromatic rings.